The molecule has 1 fully saturated rings. The van der Waals surface area contributed by atoms with E-state index in [0.717, 1.165) is 24.1 Å². The molecule has 0 saturated heterocycles. The lowest BCUT2D eigenvalue weighted by atomic mass is 9.95. The van der Waals surface area contributed by atoms with Crippen LogP contribution in [0.1, 0.15) is 50.2 Å². The lowest BCUT2D eigenvalue weighted by Crippen LogP contribution is -2.30. The summed E-state index contributed by atoms with van der Waals surface area (Å²) >= 11 is 0. The second-order valence-corrected chi connectivity index (χ2v) is 4.99. The first-order chi connectivity index (χ1) is 8.31. The van der Waals surface area contributed by atoms with E-state index in [0.29, 0.717) is 11.8 Å². The van der Waals surface area contributed by atoms with Gasteiger partial charge in [-0.25, -0.2) is 0 Å². The number of hydrogen-bond donors (Lipinski definition) is 2. The second-order valence-electron chi connectivity index (χ2n) is 4.99. The van der Waals surface area contributed by atoms with E-state index in [-0.39, 0.29) is 0 Å². The molecule has 94 valence electrons. The van der Waals surface area contributed by atoms with E-state index in [1.54, 1.807) is 0 Å². The molecule has 1 aliphatic carbocycles. The number of benzene rings is 1. The van der Waals surface area contributed by atoms with Gasteiger partial charge < -0.3 is 10.4 Å². The van der Waals surface area contributed by atoms with Gasteiger partial charge in [0.25, 0.3) is 0 Å². The van der Waals surface area contributed by atoms with Gasteiger partial charge in [-0.3, -0.25) is 0 Å². The summed E-state index contributed by atoms with van der Waals surface area (Å²) < 4.78 is 0. The first-order valence-electron chi connectivity index (χ1n) is 6.84. The van der Waals surface area contributed by atoms with Crippen LogP contribution in [0.2, 0.25) is 0 Å². The van der Waals surface area contributed by atoms with Gasteiger partial charge in [0.1, 0.15) is 5.75 Å². The minimum atomic E-state index is 0.485. The SMILES string of the molecule is CCc1cccc(CNC2CCCCC2)c1O. The molecule has 1 aliphatic rings. The van der Waals surface area contributed by atoms with Gasteiger partial charge in [0.15, 0.2) is 0 Å². The highest BCUT2D eigenvalue weighted by Crippen LogP contribution is 2.24. The molecule has 1 saturated carbocycles. The van der Waals surface area contributed by atoms with Crippen molar-refractivity contribution in [2.45, 2.75) is 58.0 Å². The second kappa shape index (κ2) is 6.06. The van der Waals surface area contributed by atoms with Crippen LogP contribution < -0.4 is 5.32 Å². The molecule has 0 bridgehead atoms. The Balaban J connectivity index is 1.93. The Hall–Kier alpha value is -1.02. The normalized spacial score (nSPS) is 17.2. The van der Waals surface area contributed by atoms with Crippen molar-refractivity contribution >= 4 is 0 Å². The zero-order chi connectivity index (χ0) is 12.1. The molecule has 1 aromatic carbocycles. The molecule has 0 heterocycles. The quantitative estimate of drug-likeness (QED) is 0.835. The Morgan fingerprint density at radius 2 is 1.88 bits per heavy atom. The maximum Gasteiger partial charge on any atom is 0.123 e. The summed E-state index contributed by atoms with van der Waals surface area (Å²) in [5.74, 6) is 0.485. The largest absolute Gasteiger partial charge is 0.507 e. The van der Waals surface area contributed by atoms with E-state index < -0.39 is 0 Å². The van der Waals surface area contributed by atoms with Crippen LogP contribution in [-0.2, 0) is 13.0 Å². The van der Waals surface area contributed by atoms with Gasteiger partial charge in [0.05, 0.1) is 0 Å². The van der Waals surface area contributed by atoms with Crippen LogP contribution in [-0.4, -0.2) is 11.1 Å². The monoisotopic (exact) mass is 233 g/mol. The smallest absolute Gasteiger partial charge is 0.123 e. The van der Waals surface area contributed by atoms with Crippen molar-refractivity contribution in [3.05, 3.63) is 29.3 Å². The summed E-state index contributed by atoms with van der Waals surface area (Å²) in [5, 5.41) is 13.6. The highest BCUT2D eigenvalue weighted by atomic mass is 16.3. The lowest BCUT2D eigenvalue weighted by molar-refractivity contribution is 0.368. The number of nitrogens with one attached hydrogen (secondary N) is 1. The average molecular weight is 233 g/mol. The molecule has 0 spiro atoms. The summed E-state index contributed by atoms with van der Waals surface area (Å²) in [6.45, 7) is 2.87. The number of aryl methyl sites for hydroxylation is 1. The molecule has 0 aliphatic heterocycles. The number of para-hydroxylation sites is 1. The number of phenolic OH excluding ortho intramolecular Hbond substituents is 1. The van der Waals surface area contributed by atoms with Gasteiger partial charge in [0.2, 0.25) is 0 Å². The molecular formula is C15H23NO. The highest BCUT2D eigenvalue weighted by Gasteiger charge is 2.13. The van der Waals surface area contributed by atoms with Crippen LogP contribution >= 0.6 is 0 Å². The Kier molecular flexibility index (Phi) is 4.43. The van der Waals surface area contributed by atoms with E-state index in [4.69, 9.17) is 0 Å². The average Bonchev–Trinajstić information content (AvgIpc) is 2.39. The Morgan fingerprint density at radius 1 is 1.18 bits per heavy atom. The highest BCUT2D eigenvalue weighted by molar-refractivity contribution is 5.40. The van der Waals surface area contributed by atoms with Crippen molar-refractivity contribution in [1.29, 1.82) is 0 Å². The molecule has 2 N–H and O–H groups in total. The van der Waals surface area contributed by atoms with Crippen LogP contribution in [0.3, 0.4) is 0 Å². The van der Waals surface area contributed by atoms with Gasteiger partial charge in [-0.05, 0) is 24.8 Å². The third-order valence-corrected chi connectivity index (χ3v) is 3.77. The summed E-state index contributed by atoms with van der Waals surface area (Å²) in [6.07, 6.45) is 7.54. The van der Waals surface area contributed by atoms with Crippen LogP contribution in [0.25, 0.3) is 0 Å². The van der Waals surface area contributed by atoms with Crippen LogP contribution in [0.15, 0.2) is 18.2 Å². The molecule has 0 aromatic heterocycles. The molecule has 2 nitrogen and oxygen atoms in total. The van der Waals surface area contributed by atoms with Crippen molar-refractivity contribution in [3.63, 3.8) is 0 Å². The maximum absolute atomic E-state index is 10.1. The van der Waals surface area contributed by atoms with E-state index in [1.807, 2.05) is 18.2 Å². The van der Waals surface area contributed by atoms with Crippen LogP contribution in [0.5, 0.6) is 5.75 Å². The molecule has 2 heteroatoms. The van der Waals surface area contributed by atoms with Crippen LogP contribution in [0.4, 0.5) is 0 Å². The fraction of sp³-hybridized carbons (Fsp3) is 0.600. The minimum absolute atomic E-state index is 0.485. The minimum Gasteiger partial charge on any atom is -0.507 e. The first kappa shape index (κ1) is 12.4. The molecule has 1 aromatic rings. The van der Waals surface area contributed by atoms with Crippen molar-refractivity contribution < 1.29 is 5.11 Å². The summed E-state index contributed by atoms with van der Waals surface area (Å²) in [7, 11) is 0. The molecule has 0 atom stereocenters. The predicted octanol–water partition coefficient (Wildman–Crippen LogP) is 3.38. The number of aromatic hydroxyl groups is 1. The fourth-order valence-corrected chi connectivity index (χ4v) is 2.63. The number of phenols is 1. The lowest BCUT2D eigenvalue weighted by Gasteiger charge is -2.23. The van der Waals surface area contributed by atoms with E-state index >= 15 is 0 Å². The van der Waals surface area contributed by atoms with E-state index in [2.05, 4.69) is 12.2 Å². The summed E-state index contributed by atoms with van der Waals surface area (Å²) in [5.41, 5.74) is 2.09. The third-order valence-electron chi connectivity index (χ3n) is 3.77. The van der Waals surface area contributed by atoms with Crippen molar-refractivity contribution in [2.75, 3.05) is 0 Å². The van der Waals surface area contributed by atoms with Crippen molar-refractivity contribution in [2.24, 2.45) is 0 Å². The Labute approximate surface area is 104 Å². The first-order valence-corrected chi connectivity index (χ1v) is 6.84. The van der Waals surface area contributed by atoms with Crippen molar-refractivity contribution in [3.8, 4) is 5.75 Å². The zero-order valence-corrected chi connectivity index (χ0v) is 10.7. The summed E-state index contributed by atoms with van der Waals surface area (Å²) in [4.78, 5) is 0. The predicted molar refractivity (Wildman–Crippen MR) is 71.2 cm³/mol. The maximum atomic E-state index is 10.1. The molecular weight excluding hydrogens is 210 g/mol. The standard InChI is InChI=1S/C15H23NO/c1-2-12-7-6-8-13(15(12)17)11-16-14-9-4-3-5-10-14/h6-8,14,16-17H,2-5,9-11H2,1H3. The number of rotatable bonds is 4. The molecule has 0 unspecified atom stereocenters. The van der Waals surface area contributed by atoms with E-state index in [1.165, 1.54) is 32.1 Å². The van der Waals surface area contributed by atoms with Gasteiger partial charge >= 0.3 is 0 Å². The summed E-state index contributed by atoms with van der Waals surface area (Å²) in [6, 6.07) is 6.70. The number of hydrogen-bond acceptors (Lipinski definition) is 2. The van der Waals surface area contributed by atoms with Crippen molar-refractivity contribution in [1.82, 2.24) is 5.32 Å². The van der Waals surface area contributed by atoms with Gasteiger partial charge in [-0.15, -0.1) is 0 Å². The van der Waals surface area contributed by atoms with Gasteiger partial charge in [-0.2, -0.15) is 0 Å². The zero-order valence-electron chi connectivity index (χ0n) is 10.7. The van der Waals surface area contributed by atoms with Gasteiger partial charge in [-0.1, -0.05) is 44.4 Å². The molecule has 0 amide bonds. The fourth-order valence-electron chi connectivity index (χ4n) is 2.63. The molecule has 0 radical (unpaired) electrons. The molecule has 17 heavy (non-hydrogen) atoms. The topological polar surface area (TPSA) is 32.3 Å². The van der Waals surface area contributed by atoms with E-state index in [9.17, 15) is 5.11 Å². The third kappa shape index (κ3) is 3.22. The molecule has 2 rings (SSSR count). The Morgan fingerprint density at radius 3 is 2.59 bits per heavy atom. The Bertz CT molecular complexity index is 356. The van der Waals surface area contributed by atoms with Gasteiger partial charge in [0, 0.05) is 18.2 Å². The van der Waals surface area contributed by atoms with Crippen LogP contribution in [0, 0.1) is 0 Å².